The van der Waals surface area contributed by atoms with E-state index in [1.54, 1.807) is 0 Å². The first-order chi connectivity index (χ1) is 9.41. The zero-order valence-electron chi connectivity index (χ0n) is 12.4. The molecule has 0 aromatic heterocycles. The van der Waals surface area contributed by atoms with Crippen LogP contribution in [0.3, 0.4) is 0 Å². The first kappa shape index (κ1) is 14.4. The van der Waals surface area contributed by atoms with Gasteiger partial charge in [-0.25, -0.2) is 0 Å². The number of nitriles is 2. The van der Waals surface area contributed by atoms with Crippen molar-refractivity contribution in [2.45, 2.75) is 45.6 Å². The lowest BCUT2D eigenvalue weighted by Crippen LogP contribution is -2.39. The first-order valence-corrected chi connectivity index (χ1v) is 7.06. The molecular weight excluding hydrogens is 246 g/mol. The number of hydrogen-bond acceptors (Lipinski definition) is 3. The SMILES string of the molecule is C[C@@H]1CC(C)(C)C[C@@]1(C#N)Nc1ccc(CC#N)cc1. The number of rotatable bonds is 3. The standard InChI is InChI=1S/C17H21N3/c1-13-10-16(2,3)11-17(13,12-19)20-15-6-4-14(5-7-15)8-9-18/h4-7,13,20H,8,10-11H2,1-3H3/t13-,17+/m1/s1. The van der Waals surface area contributed by atoms with Crippen molar-refractivity contribution in [2.24, 2.45) is 11.3 Å². The van der Waals surface area contributed by atoms with Crippen molar-refractivity contribution in [3.8, 4) is 12.1 Å². The fraction of sp³-hybridized carbons (Fsp3) is 0.529. The summed E-state index contributed by atoms with van der Waals surface area (Å²) in [6, 6.07) is 12.5. The van der Waals surface area contributed by atoms with Crippen LogP contribution in [0.4, 0.5) is 5.69 Å². The van der Waals surface area contributed by atoms with Crippen molar-refractivity contribution in [2.75, 3.05) is 5.32 Å². The van der Waals surface area contributed by atoms with Gasteiger partial charge in [0.05, 0.1) is 18.6 Å². The fourth-order valence-corrected chi connectivity index (χ4v) is 3.40. The van der Waals surface area contributed by atoms with Gasteiger partial charge in [0.2, 0.25) is 0 Å². The molecule has 3 heteroatoms. The molecule has 0 radical (unpaired) electrons. The van der Waals surface area contributed by atoms with Gasteiger partial charge in [0.15, 0.2) is 0 Å². The summed E-state index contributed by atoms with van der Waals surface area (Å²) in [7, 11) is 0. The normalized spacial score (nSPS) is 27.6. The van der Waals surface area contributed by atoms with E-state index in [-0.39, 0.29) is 5.41 Å². The maximum absolute atomic E-state index is 9.66. The Kier molecular flexibility index (Phi) is 3.73. The second-order valence-corrected chi connectivity index (χ2v) is 6.69. The molecule has 0 bridgehead atoms. The van der Waals surface area contributed by atoms with Crippen molar-refractivity contribution >= 4 is 5.69 Å². The van der Waals surface area contributed by atoms with Crippen molar-refractivity contribution in [3.63, 3.8) is 0 Å². The summed E-state index contributed by atoms with van der Waals surface area (Å²) >= 11 is 0. The molecule has 20 heavy (non-hydrogen) atoms. The summed E-state index contributed by atoms with van der Waals surface area (Å²) in [5.74, 6) is 0.321. The zero-order valence-corrected chi connectivity index (χ0v) is 12.4. The van der Waals surface area contributed by atoms with Gasteiger partial charge in [-0.15, -0.1) is 0 Å². The summed E-state index contributed by atoms with van der Waals surface area (Å²) in [6.07, 6.45) is 2.34. The fourth-order valence-electron chi connectivity index (χ4n) is 3.40. The third-order valence-electron chi connectivity index (χ3n) is 4.26. The van der Waals surface area contributed by atoms with E-state index in [4.69, 9.17) is 5.26 Å². The van der Waals surface area contributed by atoms with Crippen LogP contribution in [0.5, 0.6) is 0 Å². The van der Waals surface area contributed by atoms with Gasteiger partial charge in [0, 0.05) is 5.69 Å². The maximum Gasteiger partial charge on any atom is 0.128 e. The Labute approximate surface area is 121 Å². The molecule has 2 rings (SSSR count). The lowest BCUT2D eigenvalue weighted by Gasteiger charge is -2.29. The maximum atomic E-state index is 9.66. The summed E-state index contributed by atoms with van der Waals surface area (Å²) in [6.45, 7) is 6.59. The summed E-state index contributed by atoms with van der Waals surface area (Å²) in [4.78, 5) is 0. The third-order valence-corrected chi connectivity index (χ3v) is 4.26. The Morgan fingerprint density at radius 3 is 2.35 bits per heavy atom. The van der Waals surface area contributed by atoms with E-state index in [2.05, 4.69) is 38.2 Å². The van der Waals surface area contributed by atoms with Crippen molar-refractivity contribution in [3.05, 3.63) is 29.8 Å². The molecule has 0 aliphatic heterocycles. The number of nitrogens with zero attached hydrogens (tertiary/aromatic N) is 2. The minimum atomic E-state index is -0.486. The predicted octanol–water partition coefficient (Wildman–Crippen LogP) is 3.88. The van der Waals surface area contributed by atoms with Gasteiger partial charge in [0.25, 0.3) is 0 Å². The van der Waals surface area contributed by atoms with Crippen LogP contribution >= 0.6 is 0 Å². The minimum Gasteiger partial charge on any atom is -0.367 e. The molecular formula is C17H21N3. The second-order valence-electron chi connectivity index (χ2n) is 6.69. The molecule has 1 fully saturated rings. The molecule has 1 aromatic carbocycles. The Morgan fingerprint density at radius 2 is 1.90 bits per heavy atom. The van der Waals surface area contributed by atoms with Gasteiger partial charge in [-0.2, -0.15) is 10.5 Å². The summed E-state index contributed by atoms with van der Waals surface area (Å²) < 4.78 is 0. The summed E-state index contributed by atoms with van der Waals surface area (Å²) in [5, 5.41) is 21.8. The van der Waals surface area contributed by atoms with E-state index in [0.29, 0.717) is 12.3 Å². The quantitative estimate of drug-likeness (QED) is 0.904. The number of nitrogens with one attached hydrogen (secondary N) is 1. The van der Waals surface area contributed by atoms with E-state index in [9.17, 15) is 5.26 Å². The van der Waals surface area contributed by atoms with Crippen LogP contribution in [-0.2, 0) is 6.42 Å². The van der Waals surface area contributed by atoms with E-state index >= 15 is 0 Å². The average Bonchev–Trinajstić information content (AvgIpc) is 2.62. The van der Waals surface area contributed by atoms with Crippen molar-refractivity contribution in [1.82, 2.24) is 0 Å². The van der Waals surface area contributed by atoms with Crippen LogP contribution in [0.2, 0.25) is 0 Å². The Balaban J connectivity index is 2.19. The first-order valence-electron chi connectivity index (χ1n) is 7.06. The Hall–Kier alpha value is -2.00. The number of benzene rings is 1. The molecule has 0 saturated heterocycles. The van der Waals surface area contributed by atoms with Crippen LogP contribution < -0.4 is 5.32 Å². The highest BCUT2D eigenvalue weighted by molar-refractivity contribution is 5.50. The van der Waals surface area contributed by atoms with Crippen LogP contribution in [0.15, 0.2) is 24.3 Å². The van der Waals surface area contributed by atoms with Crippen LogP contribution in [-0.4, -0.2) is 5.54 Å². The van der Waals surface area contributed by atoms with Crippen molar-refractivity contribution < 1.29 is 0 Å². The molecule has 3 nitrogen and oxygen atoms in total. The number of anilines is 1. The molecule has 0 heterocycles. The van der Waals surface area contributed by atoms with Crippen LogP contribution in [0.1, 0.15) is 39.2 Å². The molecule has 1 aliphatic rings. The Morgan fingerprint density at radius 1 is 1.25 bits per heavy atom. The molecule has 1 aromatic rings. The molecule has 1 N–H and O–H groups in total. The van der Waals surface area contributed by atoms with E-state index in [1.807, 2.05) is 24.3 Å². The van der Waals surface area contributed by atoms with Crippen molar-refractivity contribution in [1.29, 1.82) is 10.5 Å². The largest absolute Gasteiger partial charge is 0.367 e. The smallest absolute Gasteiger partial charge is 0.128 e. The van der Waals surface area contributed by atoms with Gasteiger partial charge < -0.3 is 5.32 Å². The highest BCUT2D eigenvalue weighted by Gasteiger charge is 2.49. The molecule has 0 amide bonds. The molecule has 0 spiro atoms. The monoisotopic (exact) mass is 267 g/mol. The van der Waals surface area contributed by atoms with E-state index in [1.165, 1.54) is 0 Å². The van der Waals surface area contributed by atoms with Gasteiger partial charge in [0.1, 0.15) is 5.54 Å². The summed E-state index contributed by atoms with van der Waals surface area (Å²) in [5.41, 5.74) is 1.67. The predicted molar refractivity (Wildman–Crippen MR) is 79.9 cm³/mol. The molecule has 1 saturated carbocycles. The average molecular weight is 267 g/mol. The van der Waals surface area contributed by atoms with Gasteiger partial charge in [-0.05, 0) is 41.9 Å². The molecule has 104 valence electrons. The van der Waals surface area contributed by atoms with Gasteiger partial charge in [-0.1, -0.05) is 32.9 Å². The second kappa shape index (κ2) is 5.17. The molecule has 2 atom stereocenters. The van der Waals surface area contributed by atoms with Crippen LogP contribution in [0.25, 0.3) is 0 Å². The number of hydrogen-bond donors (Lipinski definition) is 1. The Bertz CT molecular complexity index is 559. The topological polar surface area (TPSA) is 59.6 Å². The van der Waals surface area contributed by atoms with Gasteiger partial charge in [-0.3, -0.25) is 0 Å². The lowest BCUT2D eigenvalue weighted by atomic mass is 9.87. The highest BCUT2D eigenvalue weighted by Crippen LogP contribution is 2.48. The van der Waals surface area contributed by atoms with E-state index < -0.39 is 5.54 Å². The van der Waals surface area contributed by atoms with E-state index in [0.717, 1.165) is 24.1 Å². The zero-order chi connectivity index (χ0) is 14.8. The lowest BCUT2D eigenvalue weighted by molar-refractivity contribution is 0.363. The van der Waals surface area contributed by atoms with Gasteiger partial charge >= 0.3 is 0 Å². The minimum absolute atomic E-state index is 0.197. The van der Waals surface area contributed by atoms with Crippen LogP contribution in [0, 0.1) is 34.0 Å². The molecule has 1 aliphatic carbocycles. The third kappa shape index (κ3) is 2.78. The molecule has 0 unspecified atom stereocenters. The highest BCUT2D eigenvalue weighted by atomic mass is 15.0.